The first-order valence-corrected chi connectivity index (χ1v) is 5.21. The van der Waals surface area contributed by atoms with Crippen LogP contribution in [0.5, 0.6) is 11.5 Å². The Kier molecular flexibility index (Phi) is 5.23. The molecule has 1 aromatic carbocycles. The third kappa shape index (κ3) is 3.32. The molecule has 0 aliphatic rings. The Balaban J connectivity index is 3.37. The summed E-state index contributed by atoms with van der Waals surface area (Å²) in [4.78, 5) is 10.5. The molecule has 0 fully saturated rings. The highest BCUT2D eigenvalue weighted by Crippen LogP contribution is 2.35. The number of hydrogen-bond donors (Lipinski definition) is 3. The number of rotatable bonds is 5. The number of guanidine groups is 1. The lowest BCUT2D eigenvalue weighted by molar-refractivity contribution is -0.385. The van der Waals surface area contributed by atoms with E-state index in [-0.39, 0.29) is 28.7 Å². The number of nitrogens with zero attached hydrogens (tertiary/aromatic N) is 3. The number of hydrogen-bond acceptors (Lipinski definition) is 7. The number of methoxy groups -OCH3 is 2. The Morgan fingerprint density at radius 2 is 2.05 bits per heavy atom. The van der Waals surface area contributed by atoms with Crippen LogP contribution in [0, 0.1) is 10.1 Å². The van der Waals surface area contributed by atoms with Gasteiger partial charge < -0.3 is 15.2 Å². The molecular weight excluding hydrogens is 270 g/mol. The number of nitrogens with two attached hydrogens (primary N) is 1. The van der Waals surface area contributed by atoms with Crippen molar-refractivity contribution in [3.63, 3.8) is 0 Å². The highest BCUT2D eigenvalue weighted by atomic mass is 16.6. The Morgan fingerprint density at radius 3 is 2.55 bits per heavy atom. The first kappa shape index (κ1) is 15.2. The molecule has 0 amide bonds. The topological polar surface area (TPSA) is 145 Å². The maximum Gasteiger partial charge on any atom is 0.323 e. The van der Waals surface area contributed by atoms with Gasteiger partial charge in [0.05, 0.1) is 25.4 Å². The third-order valence-electron chi connectivity index (χ3n) is 2.23. The van der Waals surface area contributed by atoms with Gasteiger partial charge in [0.15, 0.2) is 5.75 Å². The van der Waals surface area contributed by atoms with Gasteiger partial charge >= 0.3 is 5.69 Å². The molecule has 0 aliphatic heterocycles. The molecule has 0 atom stereocenters. The van der Waals surface area contributed by atoms with Crippen LogP contribution in [-0.2, 0) is 0 Å². The van der Waals surface area contributed by atoms with Crippen LogP contribution in [0.15, 0.2) is 22.3 Å². The SMILES string of the molecule is COc1ccc(OC)c([N+](=O)[O-])c1/C=N/N=C(\N)NO. The van der Waals surface area contributed by atoms with E-state index >= 15 is 0 Å². The molecule has 0 spiro atoms. The van der Waals surface area contributed by atoms with Crippen LogP contribution >= 0.6 is 0 Å². The van der Waals surface area contributed by atoms with Gasteiger partial charge in [0, 0.05) is 0 Å². The first-order valence-electron chi connectivity index (χ1n) is 5.21. The Labute approximate surface area is 113 Å². The molecule has 1 aromatic rings. The number of ether oxygens (including phenoxy) is 2. The zero-order chi connectivity index (χ0) is 15.1. The van der Waals surface area contributed by atoms with Crippen LogP contribution in [0.25, 0.3) is 0 Å². The van der Waals surface area contributed by atoms with Gasteiger partial charge in [0.25, 0.3) is 0 Å². The molecule has 4 N–H and O–H groups in total. The lowest BCUT2D eigenvalue weighted by atomic mass is 10.1. The summed E-state index contributed by atoms with van der Waals surface area (Å²) in [6.07, 6.45) is 1.07. The summed E-state index contributed by atoms with van der Waals surface area (Å²) in [7, 11) is 2.66. The van der Waals surface area contributed by atoms with E-state index in [9.17, 15) is 10.1 Å². The maximum absolute atomic E-state index is 11.1. The van der Waals surface area contributed by atoms with Crippen LogP contribution in [-0.4, -0.2) is 36.5 Å². The number of nitro benzene ring substituents is 1. The fraction of sp³-hybridized carbons (Fsp3) is 0.200. The largest absolute Gasteiger partial charge is 0.496 e. The molecule has 0 radical (unpaired) electrons. The van der Waals surface area contributed by atoms with Crippen molar-refractivity contribution in [3.05, 3.63) is 27.8 Å². The van der Waals surface area contributed by atoms with Crippen LogP contribution in [0.1, 0.15) is 5.56 Å². The van der Waals surface area contributed by atoms with E-state index in [0.717, 1.165) is 6.21 Å². The van der Waals surface area contributed by atoms with Gasteiger partial charge in [-0.25, -0.2) is 5.48 Å². The lowest BCUT2D eigenvalue weighted by Crippen LogP contribution is -2.27. The summed E-state index contributed by atoms with van der Waals surface area (Å²) in [5.74, 6) is -0.104. The standard InChI is InChI=1S/C10H13N5O5/c1-19-7-3-4-8(20-2)9(15(17)18)6(7)5-12-13-10(11)14-16/h3-5,16H,1-2H3,(H3,11,13,14)/b12-5+. The number of nitro groups is 1. The minimum absolute atomic E-state index is 0.0504. The van der Waals surface area contributed by atoms with Gasteiger partial charge in [-0.05, 0) is 12.1 Å². The van der Waals surface area contributed by atoms with Crippen LogP contribution in [0.4, 0.5) is 5.69 Å². The molecule has 0 aliphatic carbocycles. The van der Waals surface area contributed by atoms with E-state index < -0.39 is 4.92 Å². The van der Waals surface area contributed by atoms with Crippen LogP contribution in [0.3, 0.4) is 0 Å². The van der Waals surface area contributed by atoms with Gasteiger partial charge in [-0.15, -0.1) is 5.10 Å². The summed E-state index contributed by atoms with van der Waals surface area (Å²) in [5, 5.41) is 26.4. The predicted octanol–water partition coefficient (Wildman–Crippen LogP) is 0.239. The first-order chi connectivity index (χ1) is 9.54. The molecule has 0 saturated carbocycles. The second kappa shape index (κ2) is 6.89. The molecule has 0 saturated heterocycles. The van der Waals surface area contributed by atoms with E-state index in [4.69, 9.17) is 20.4 Å². The van der Waals surface area contributed by atoms with Gasteiger partial charge in [0.2, 0.25) is 5.96 Å². The van der Waals surface area contributed by atoms with E-state index in [1.807, 2.05) is 0 Å². The van der Waals surface area contributed by atoms with Crippen molar-refractivity contribution in [1.82, 2.24) is 5.48 Å². The van der Waals surface area contributed by atoms with Crippen molar-refractivity contribution >= 4 is 17.9 Å². The number of nitrogens with one attached hydrogen (secondary N) is 1. The Morgan fingerprint density at radius 1 is 1.45 bits per heavy atom. The van der Waals surface area contributed by atoms with E-state index in [2.05, 4.69) is 10.2 Å². The van der Waals surface area contributed by atoms with Gasteiger partial charge in [-0.2, -0.15) is 5.10 Å². The summed E-state index contributed by atoms with van der Waals surface area (Å²) < 4.78 is 9.95. The highest BCUT2D eigenvalue weighted by molar-refractivity contribution is 5.91. The smallest absolute Gasteiger partial charge is 0.323 e. The van der Waals surface area contributed by atoms with Crippen molar-refractivity contribution in [2.75, 3.05) is 14.2 Å². The third-order valence-corrected chi connectivity index (χ3v) is 2.23. The number of hydroxylamine groups is 1. The second-order valence-corrected chi connectivity index (χ2v) is 3.33. The zero-order valence-corrected chi connectivity index (χ0v) is 10.7. The summed E-state index contributed by atoms with van der Waals surface area (Å²) >= 11 is 0. The zero-order valence-electron chi connectivity index (χ0n) is 10.7. The molecule has 10 heteroatoms. The van der Waals surface area contributed by atoms with Gasteiger partial charge in [-0.1, -0.05) is 0 Å². The van der Waals surface area contributed by atoms with Crippen molar-refractivity contribution in [2.24, 2.45) is 15.9 Å². The summed E-state index contributed by atoms with van der Waals surface area (Å²) in [5.41, 5.74) is 6.45. The normalized spacial score (nSPS) is 11.4. The van der Waals surface area contributed by atoms with Gasteiger partial charge in [0.1, 0.15) is 11.3 Å². The molecule has 20 heavy (non-hydrogen) atoms. The average Bonchev–Trinajstić information content (AvgIpc) is 2.45. The monoisotopic (exact) mass is 283 g/mol. The maximum atomic E-state index is 11.1. The average molecular weight is 283 g/mol. The Hall–Kier alpha value is -2.88. The molecule has 0 bridgehead atoms. The predicted molar refractivity (Wildman–Crippen MR) is 70.3 cm³/mol. The van der Waals surface area contributed by atoms with Crippen molar-refractivity contribution < 1.29 is 19.6 Å². The summed E-state index contributed by atoms with van der Waals surface area (Å²) in [6, 6.07) is 2.89. The molecule has 0 unspecified atom stereocenters. The van der Waals surface area contributed by atoms with E-state index in [1.54, 1.807) is 5.48 Å². The minimum atomic E-state index is -0.625. The molecule has 108 valence electrons. The quantitative estimate of drug-likeness (QED) is 0.303. The second-order valence-electron chi connectivity index (χ2n) is 3.33. The van der Waals surface area contributed by atoms with Crippen molar-refractivity contribution in [2.45, 2.75) is 0 Å². The molecule has 0 aromatic heterocycles. The molecule has 0 heterocycles. The fourth-order valence-electron chi connectivity index (χ4n) is 1.40. The van der Waals surface area contributed by atoms with Crippen molar-refractivity contribution in [3.8, 4) is 11.5 Å². The lowest BCUT2D eigenvalue weighted by Gasteiger charge is -2.08. The highest BCUT2D eigenvalue weighted by Gasteiger charge is 2.23. The van der Waals surface area contributed by atoms with E-state index in [0.29, 0.717) is 0 Å². The molecule has 1 rings (SSSR count). The molecular formula is C10H13N5O5. The Bertz CT molecular complexity index is 557. The van der Waals surface area contributed by atoms with Crippen LogP contribution in [0.2, 0.25) is 0 Å². The minimum Gasteiger partial charge on any atom is -0.496 e. The molecule has 10 nitrogen and oxygen atoms in total. The number of benzene rings is 1. The van der Waals surface area contributed by atoms with E-state index in [1.165, 1.54) is 26.4 Å². The van der Waals surface area contributed by atoms with Crippen molar-refractivity contribution in [1.29, 1.82) is 0 Å². The fourth-order valence-corrected chi connectivity index (χ4v) is 1.40. The summed E-state index contributed by atoms with van der Waals surface area (Å²) in [6.45, 7) is 0. The van der Waals surface area contributed by atoms with Gasteiger partial charge in [-0.3, -0.25) is 15.3 Å². The van der Waals surface area contributed by atoms with Crippen LogP contribution < -0.4 is 20.7 Å².